The molecule has 1 fully saturated rings. The molecule has 1 saturated heterocycles. The normalized spacial score (nSPS) is 19.6. The van der Waals surface area contributed by atoms with Crippen LogP contribution in [-0.2, 0) is 11.2 Å². The van der Waals surface area contributed by atoms with Crippen molar-refractivity contribution in [2.75, 3.05) is 24.6 Å². The van der Waals surface area contributed by atoms with Crippen LogP contribution in [0.1, 0.15) is 51.9 Å². The summed E-state index contributed by atoms with van der Waals surface area (Å²) in [5.41, 5.74) is 1.22. The Bertz CT molecular complexity index is 852. The van der Waals surface area contributed by atoms with Crippen LogP contribution in [-0.4, -0.2) is 59.0 Å². The monoisotopic (exact) mass is 425 g/mol. The van der Waals surface area contributed by atoms with Gasteiger partial charge >= 0.3 is 0 Å². The maximum absolute atomic E-state index is 12.6. The standard InChI is InChI=1S/C18H24ClN5O3S/c1-4-11-15(19)23-16(20-11)17(26)21-12-6-7-24(8-14(12)27-5-2)18-22-13(9-25)10(3)28-18/h9,12,14H,4-8H2,1-3H3,(H,20,23)(H,21,26)/t12-,14+/m1/s1. The van der Waals surface area contributed by atoms with Crippen molar-refractivity contribution in [1.29, 1.82) is 0 Å². The molecule has 0 saturated carbocycles. The molecule has 2 aromatic rings. The molecule has 1 aliphatic rings. The molecule has 1 aliphatic heterocycles. The first-order chi connectivity index (χ1) is 13.5. The number of hydrogen-bond donors (Lipinski definition) is 2. The van der Waals surface area contributed by atoms with Crippen LogP contribution in [0.15, 0.2) is 0 Å². The van der Waals surface area contributed by atoms with Gasteiger partial charge in [0.2, 0.25) is 0 Å². The molecule has 8 nitrogen and oxygen atoms in total. The molecule has 152 valence electrons. The number of aryl methyl sites for hydroxylation is 2. The summed E-state index contributed by atoms with van der Waals surface area (Å²) >= 11 is 7.54. The quantitative estimate of drug-likeness (QED) is 0.661. The summed E-state index contributed by atoms with van der Waals surface area (Å²) in [6, 6.07) is -0.149. The molecule has 1 amide bonds. The Labute approximate surface area is 172 Å². The van der Waals surface area contributed by atoms with Crippen LogP contribution >= 0.6 is 22.9 Å². The van der Waals surface area contributed by atoms with E-state index in [1.807, 2.05) is 20.8 Å². The van der Waals surface area contributed by atoms with Crippen LogP contribution in [0, 0.1) is 6.92 Å². The van der Waals surface area contributed by atoms with Crippen LogP contribution in [0.4, 0.5) is 5.13 Å². The highest BCUT2D eigenvalue weighted by molar-refractivity contribution is 7.15. The second-order valence-corrected chi connectivity index (χ2v) is 8.11. The van der Waals surface area contributed by atoms with Crippen LogP contribution in [0.2, 0.25) is 5.15 Å². The Morgan fingerprint density at radius 2 is 2.25 bits per heavy atom. The summed E-state index contributed by atoms with van der Waals surface area (Å²) in [6.45, 7) is 7.58. The largest absolute Gasteiger partial charge is 0.375 e. The minimum atomic E-state index is -0.293. The second-order valence-electron chi connectivity index (χ2n) is 6.57. The number of nitrogens with zero attached hydrogens (tertiary/aromatic N) is 3. The lowest BCUT2D eigenvalue weighted by molar-refractivity contribution is 0.0271. The van der Waals surface area contributed by atoms with Gasteiger partial charge in [0.25, 0.3) is 5.91 Å². The Morgan fingerprint density at radius 1 is 1.46 bits per heavy atom. The average Bonchev–Trinajstić information content (AvgIpc) is 3.25. The molecule has 10 heteroatoms. The van der Waals surface area contributed by atoms with Crippen molar-refractivity contribution in [3.8, 4) is 0 Å². The predicted molar refractivity (Wildman–Crippen MR) is 109 cm³/mol. The zero-order valence-electron chi connectivity index (χ0n) is 16.1. The van der Waals surface area contributed by atoms with Gasteiger partial charge in [-0.05, 0) is 26.7 Å². The lowest BCUT2D eigenvalue weighted by Crippen LogP contribution is -2.55. The number of anilines is 1. The van der Waals surface area contributed by atoms with Crippen LogP contribution in [0.5, 0.6) is 0 Å². The van der Waals surface area contributed by atoms with Gasteiger partial charge in [-0.3, -0.25) is 9.59 Å². The fourth-order valence-corrected chi connectivity index (χ4v) is 4.42. The molecule has 0 aromatic carbocycles. The number of piperidine rings is 1. The summed E-state index contributed by atoms with van der Waals surface area (Å²) in [6.07, 6.45) is 1.96. The first kappa shape index (κ1) is 20.8. The van der Waals surface area contributed by atoms with Gasteiger partial charge in [-0.1, -0.05) is 18.5 Å². The fourth-order valence-electron chi connectivity index (χ4n) is 3.24. The minimum absolute atomic E-state index is 0.149. The lowest BCUT2D eigenvalue weighted by atomic mass is 10.0. The highest BCUT2D eigenvalue weighted by Crippen LogP contribution is 2.28. The van der Waals surface area contributed by atoms with Crippen molar-refractivity contribution < 1.29 is 14.3 Å². The Morgan fingerprint density at radius 3 is 2.86 bits per heavy atom. The van der Waals surface area contributed by atoms with Crippen molar-refractivity contribution >= 4 is 40.3 Å². The van der Waals surface area contributed by atoms with Gasteiger partial charge in [0, 0.05) is 24.6 Å². The van der Waals surface area contributed by atoms with Gasteiger partial charge < -0.3 is 19.9 Å². The van der Waals surface area contributed by atoms with Gasteiger partial charge in [-0.2, -0.15) is 0 Å². The number of aromatic amines is 1. The van der Waals surface area contributed by atoms with Gasteiger partial charge in [-0.15, -0.1) is 11.3 Å². The van der Waals surface area contributed by atoms with E-state index in [4.69, 9.17) is 16.3 Å². The van der Waals surface area contributed by atoms with E-state index in [1.54, 1.807) is 0 Å². The highest BCUT2D eigenvalue weighted by Gasteiger charge is 2.33. The Hall–Kier alpha value is -1.97. The van der Waals surface area contributed by atoms with E-state index < -0.39 is 0 Å². The van der Waals surface area contributed by atoms with Gasteiger partial charge in [0.05, 0.1) is 17.8 Å². The number of imidazole rings is 1. The van der Waals surface area contributed by atoms with Crippen LogP contribution < -0.4 is 10.2 Å². The summed E-state index contributed by atoms with van der Waals surface area (Å²) in [4.78, 5) is 38.2. The van der Waals surface area contributed by atoms with E-state index in [1.165, 1.54) is 11.3 Å². The number of halogens is 1. The van der Waals surface area contributed by atoms with Gasteiger partial charge in [0.1, 0.15) is 5.69 Å². The highest BCUT2D eigenvalue weighted by atomic mass is 35.5. The molecule has 0 spiro atoms. The number of aromatic nitrogens is 3. The van der Waals surface area contributed by atoms with Crippen molar-refractivity contribution in [3.05, 3.63) is 27.2 Å². The van der Waals surface area contributed by atoms with E-state index in [0.29, 0.717) is 43.4 Å². The third-order valence-corrected chi connectivity index (χ3v) is 6.12. The smallest absolute Gasteiger partial charge is 0.287 e. The molecule has 2 N–H and O–H groups in total. The van der Waals surface area contributed by atoms with Gasteiger partial charge in [0.15, 0.2) is 22.4 Å². The van der Waals surface area contributed by atoms with Crippen LogP contribution in [0.25, 0.3) is 0 Å². The maximum Gasteiger partial charge on any atom is 0.287 e. The topological polar surface area (TPSA) is 100 Å². The number of amides is 1. The third-order valence-electron chi connectivity index (χ3n) is 4.76. The van der Waals surface area contributed by atoms with Crippen molar-refractivity contribution in [3.63, 3.8) is 0 Å². The number of thiazole rings is 1. The zero-order chi connectivity index (χ0) is 20.3. The van der Waals surface area contributed by atoms with E-state index in [0.717, 1.165) is 22.0 Å². The molecule has 28 heavy (non-hydrogen) atoms. The number of ether oxygens (including phenoxy) is 1. The first-order valence-corrected chi connectivity index (χ1v) is 10.5. The number of rotatable bonds is 7. The number of carbonyl (C=O) groups is 2. The minimum Gasteiger partial charge on any atom is -0.375 e. The summed E-state index contributed by atoms with van der Waals surface area (Å²) < 4.78 is 5.89. The SMILES string of the molecule is CCO[C@H]1CN(c2nc(C=O)c(C)s2)CC[C@H]1NC(=O)c1nc(Cl)c(CC)[nH]1. The molecule has 0 unspecified atom stereocenters. The number of nitrogens with one attached hydrogen (secondary N) is 2. The first-order valence-electron chi connectivity index (χ1n) is 9.31. The van der Waals surface area contributed by atoms with Crippen molar-refractivity contribution in [2.24, 2.45) is 0 Å². The van der Waals surface area contributed by atoms with Crippen molar-refractivity contribution in [1.82, 2.24) is 20.3 Å². The second kappa shape index (κ2) is 9.02. The Kier molecular flexibility index (Phi) is 6.69. The fraction of sp³-hybridized carbons (Fsp3) is 0.556. The number of H-pyrrole nitrogens is 1. The summed E-state index contributed by atoms with van der Waals surface area (Å²) in [7, 11) is 0. The summed E-state index contributed by atoms with van der Waals surface area (Å²) in [5, 5.41) is 4.15. The zero-order valence-corrected chi connectivity index (χ0v) is 17.7. The number of hydrogen-bond acceptors (Lipinski definition) is 7. The van der Waals surface area contributed by atoms with E-state index in [-0.39, 0.29) is 23.9 Å². The number of aldehydes is 1. The molecule has 0 bridgehead atoms. The molecule has 2 aromatic heterocycles. The van der Waals surface area contributed by atoms with Crippen LogP contribution in [0.3, 0.4) is 0 Å². The average molecular weight is 426 g/mol. The molecular formula is C18H24ClN5O3S. The third kappa shape index (κ3) is 4.37. The molecular weight excluding hydrogens is 402 g/mol. The van der Waals surface area contributed by atoms with E-state index >= 15 is 0 Å². The number of carbonyl (C=O) groups excluding carboxylic acids is 2. The van der Waals surface area contributed by atoms with E-state index in [9.17, 15) is 9.59 Å². The Balaban J connectivity index is 1.70. The molecule has 3 heterocycles. The summed E-state index contributed by atoms with van der Waals surface area (Å²) in [5.74, 6) is -0.0798. The molecule has 2 atom stereocenters. The maximum atomic E-state index is 12.6. The molecule has 0 aliphatic carbocycles. The van der Waals surface area contributed by atoms with E-state index in [2.05, 4.69) is 25.2 Å². The van der Waals surface area contributed by atoms with Crippen molar-refractivity contribution in [2.45, 2.75) is 45.8 Å². The predicted octanol–water partition coefficient (Wildman–Crippen LogP) is 2.62. The molecule has 0 radical (unpaired) electrons. The molecule has 3 rings (SSSR count). The lowest BCUT2D eigenvalue weighted by Gasteiger charge is -2.38. The van der Waals surface area contributed by atoms with Gasteiger partial charge in [-0.25, -0.2) is 9.97 Å².